The number of hydrogen-bond acceptors (Lipinski definition) is 8. The number of aliphatic hydroxyl groups is 2. The van der Waals surface area contributed by atoms with Crippen molar-refractivity contribution in [2.24, 2.45) is 11.8 Å². The van der Waals surface area contributed by atoms with E-state index in [-0.39, 0.29) is 12.0 Å². The van der Waals surface area contributed by atoms with Crippen LogP contribution in [0.4, 0.5) is 0 Å². The minimum atomic E-state index is -1.60. The molecule has 2 heterocycles. The Bertz CT molecular complexity index is 1340. The van der Waals surface area contributed by atoms with Crippen molar-refractivity contribution in [3.63, 3.8) is 0 Å². The van der Waals surface area contributed by atoms with Crippen LogP contribution in [0.2, 0.25) is 0 Å². The van der Waals surface area contributed by atoms with E-state index in [2.05, 4.69) is 25.8 Å². The maximum Gasteiger partial charge on any atom is 0.226 e. The third-order valence-corrected chi connectivity index (χ3v) is 8.67. The predicted molar refractivity (Wildman–Crippen MR) is 159 cm³/mol. The summed E-state index contributed by atoms with van der Waals surface area (Å²) in [7, 11) is 3.42. The second-order valence-electron chi connectivity index (χ2n) is 11.0. The highest BCUT2D eigenvalue weighted by molar-refractivity contribution is 7.13. The quantitative estimate of drug-likeness (QED) is 0.164. The summed E-state index contributed by atoms with van der Waals surface area (Å²) in [5, 5.41) is 24.0. The van der Waals surface area contributed by atoms with Gasteiger partial charge in [-0.1, -0.05) is 19.9 Å². The van der Waals surface area contributed by atoms with Crippen LogP contribution in [0.1, 0.15) is 63.1 Å². The zero-order valence-corrected chi connectivity index (χ0v) is 24.9. The molecule has 9 heteroatoms. The number of benzene rings is 1. The first-order chi connectivity index (χ1) is 19.1. The maximum absolute atomic E-state index is 13.3. The molecule has 40 heavy (non-hydrogen) atoms. The largest absolute Gasteiger partial charge is 0.496 e. The van der Waals surface area contributed by atoms with Crippen LogP contribution >= 0.6 is 11.3 Å². The van der Waals surface area contributed by atoms with Crippen molar-refractivity contribution in [3.8, 4) is 22.2 Å². The maximum atomic E-state index is 13.3. The minimum Gasteiger partial charge on any atom is -0.496 e. The molecule has 3 aromatic rings. The van der Waals surface area contributed by atoms with Crippen LogP contribution in [-0.2, 0) is 4.79 Å². The molecular formula is C31H41N3O5S. The monoisotopic (exact) mass is 567 g/mol. The van der Waals surface area contributed by atoms with E-state index in [1.165, 1.54) is 0 Å². The van der Waals surface area contributed by atoms with Crippen LogP contribution in [-0.4, -0.2) is 64.1 Å². The molecule has 2 N–H and O–H groups in total. The first kappa shape index (κ1) is 30.0. The fraction of sp³-hybridized carbons (Fsp3) is 0.516. The molecule has 0 spiro atoms. The Hall–Kier alpha value is -3.01. The molecule has 1 aliphatic rings. The molecule has 1 aliphatic carbocycles. The van der Waals surface area contributed by atoms with Crippen molar-refractivity contribution in [3.05, 3.63) is 47.5 Å². The molecule has 1 amide bonds. The average molecular weight is 568 g/mol. The Morgan fingerprint density at radius 3 is 2.65 bits per heavy atom. The van der Waals surface area contributed by atoms with E-state index in [0.717, 1.165) is 52.2 Å². The smallest absolute Gasteiger partial charge is 0.226 e. The van der Waals surface area contributed by atoms with Gasteiger partial charge in [-0.3, -0.25) is 4.79 Å². The van der Waals surface area contributed by atoms with Gasteiger partial charge in [-0.2, -0.15) is 0 Å². The number of aliphatic hydroxyl groups excluding tert-OH is 1. The van der Waals surface area contributed by atoms with Crippen molar-refractivity contribution in [2.45, 2.75) is 71.2 Å². The number of unbranched alkanes of at least 4 members (excludes halogenated alkanes) is 2. The Labute approximate surface area is 240 Å². The fourth-order valence-electron chi connectivity index (χ4n) is 5.42. The van der Waals surface area contributed by atoms with E-state index >= 15 is 0 Å². The highest BCUT2D eigenvalue weighted by atomic mass is 32.1. The Kier molecular flexibility index (Phi) is 9.81. The molecule has 0 unspecified atom stereocenters. The summed E-state index contributed by atoms with van der Waals surface area (Å²) in [4.78, 5) is 24.8. The number of fused-ring (bicyclic) bond motifs is 1. The lowest BCUT2D eigenvalue weighted by Gasteiger charge is -2.25. The van der Waals surface area contributed by atoms with Crippen molar-refractivity contribution in [1.82, 2.24) is 14.9 Å². The van der Waals surface area contributed by atoms with E-state index < -0.39 is 18.1 Å². The van der Waals surface area contributed by atoms with E-state index in [1.807, 2.05) is 31.2 Å². The molecule has 1 fully saturated rings. The Morgan fingerprint density at radius 1 is 1.23 bits per heavy atom. The van der Waals surface area contributed by atoms with Crippen molar-refractivity contribution in [2.75, 3.05) is 20.7 Å². The van der Waals surface area contributed by atoms with Crippen LogP contribution in [0, 0.1) is 18.8 Å². The van der Waals surface area contributed by atoms with Gasteiger partial charge in [0.05, 0.1) is 24.4 Å². The number of carbonyl (C=O) groups is 1. The van der Waals surface area contributed by atoms with Crippen LogP contribution in [0.25, 0.3) is 21.6 Å². The molecule has 4 rings (SSSR count). The number of pyridine rings is 1. The molecule has 0 radical (unpaired) electrons. The number of carbonyl (C=O) groups excluding carboxylic acids is 1. The molecule has 3 atom stereocenters. The zero-order chi connectivity index (χ0) is 29.0. The number of ether oxygens (including phenoxy) is 2. The van der Waals surface area contributed by atoms with E-state index in [9.17, 15) is 15.0 Å². The standard InChI is InChI=1S/C31H41N3O5S/c1-7-8-9-10-13-34(5)30(35)22-14-20(15-23(22)31(36)37)39-27-16-24(29-33-25(17-40-29)18(2)3)32-28-19(4)26(38-6)12-11-21(27)28/h7,11-12,16-18,20,22-23,31,36-37H,1,8-10,13-15H2,2-6H3/t20-,22+,23+/m0/s1. The second-order valence-corrected chi connectivity index (χ2v) is 11.8. The average Bonchev–Trinajstić information content (AvgIpc) is 3.59. The lowest BCUT2D eigenvalue weighted by Crippen LogP contribution is -2.38. The van der Waals surface area contributed by atoms with Crippen LogP contribution in [0.5, 0.6) is 11.5 Å². The third-order valence-electron chi connectivity index (χ3n) is 7.79. The van der Waals surface area contributed by atoms with Crippen LogP contribution in [0.15, 0.2) is 36.2 Å². The molecule has 1 saturated carbocycles. The highest BCUT2D eigenvalue weighted by Crippen LogP contribution is 2.41. The van der Waals surface area contributed by atoms with Crippen molar-refractivity contribution in [1.29, 1.82) is 0 Å². The summed E-state index contributed by atoms with van der Waals surface area (Å²) >= 11 is 1.55. The van der Waals surface area contributed by atoms with E-state index in [4.69, 9.17) is 19.4 Å². The second kappa shape index (κ2) is 13.1. The summed E-state index contributed by atoms with van der Waals surface area (Å²) in [6, 6.07) is 5.73. The Balaban J connectivity index is 1.64. The highest BCUT2D eigenvalue weighted by Gasteiger charge is 2.44. The molecular weight excluding hydrogens is 526 g/mol. The first-order valence-corrected chi connectivity index (χ1v) is 14.8. The molecule has 0 bridgehead atoms. The summed E-state index contributed by atoms with van der Waals surface area (Å²) in [6.45, 7) is 10.6. The van der Waals surface area contributed by atoms with Crippen molar-refractivity contribution < 1.29 is 24.5 Å². The van der Waals surface area contributed by atoms with Gasteiger partial charge in [-0.25, -0.2) is 9.97 Å². The zero-order valence-electron chi connectivity index (χ0n) is 24.1. The number of rotatable bonds is 12. The molecule has 0 saturated heterocycles. The van der Waals surface area contributed by atoms with Gasteiger partial charge in [0.1, 0.15) is 22.2 Å². The van der Waals surface area contributed by atoms with Gasteiger partial charge in [-0.05, 0) is 57.1 Å². The lowest BCUT2D eigenvalue weighted by molar-refractivity contribution is -0.144. The van der Waals surface area contributed by atoms with Gasteiger partial charge in [0.25, 0.3) is 0 Å². The Morgan fingerprint density at radius 2 is 2.00 bits per heavy atom. The van der Waals surface area contributed by atoms with Gasteiger partial charge < -0.3 is 24.6 Å². The third kappa shape index (κ3) is 6.48. The normalized spacial score (nSPS) is 19.0. The van der Waals surface area contributed by atoms with Gasteiger partial charge >= 0.3 is 0 Å². The summed E-state index contributed by atoms with van der Waals surface area (Å²) in [5.41, 5.74) is 3.38. The van der Waals surface area contributed by atoms with Crippen molar-refractivity contribution >= 4 is 28.1 Å². The lowest BCUT2D eigenvalue weighted by atomic mass is 9.94. The number of aromatic nitrogens is 2. The molecule has 0 aliphatic heterocycles. The summed E-state index contributed by atoms with van der Waals surface area (Å²) < 4.78 is 12.1. The van der Waals surface area contributed by atoms with Gasteiger partial charge in [0.2, 0.25) is 5.91 Å². The van der Waals surface area contributed by atoms with Crippen LogP contribution < -0.4 is 9.47 Å². The van der Waals surface area contributed by atoms with Gasteiger partial charge in [-0.15, -0.1) is 17.9 Å². The van der Waals surface area contributed by atoms with E-state index in [1.54, 1.807) is 30.4 Å². The number of methoxy groups -OCH3 is 1. The SMILES string of the molecule is C=CCCCCN(C)C(=O)[C@@H]1C[C@H](Oc2cc(-c3nc(C(C)C)cs3)nc3c(C)c(OC)ccc23)C[C@H]1C(O)O. The number of thiazole rings is 1. The number of allylic oxidation sites excluding steroid dienone is 1. The topological polar surface area (TPSA) is 105 Å². The fourth-order valence-corrected chi connectivity index (χ4v) is 6.36. The minimum absolute atomic E-state index is 0.0762. The van der Waals surface area contributed by atoms with Gasteiger partial charge in [0.15, 0.2) is 6.29 Å². The first-order valence-electron chi connectivity index (χ1n) is 14.0. The number of hydrogen-bond donors (Lipinski definition) is 2. The van der Waals surface area contributed by atoms with E-state index in [0.29, 0.717) is 36.7 Å². The molecule has 8 nitrogen and oxygen atoms in total. The summed E-state index contributed by atoms with van der Waals surface area (Å²) in [6.07, 6.45) is 3.42. The molecule has 2 aromatic heterocycles. The number of amides is 1. The van der Waals surface area contributed by atoms with Gasteiger partial charge in [0, 0.05) is 47.8 Å². The number of nitrogens with zero attached hydrogens (tertiary/aromatic N) is 3. The predicted octanol–water partition coefficient (Wildman–Crippen LogP) is 5.70. The van der Waals surface area contributed by atoms with Crippen LogP contribution in [0.3, 0.4) is 0 Å². The molecule has 216 valence electrons. The number of aryl methyl sites for hydroxylation is 1. The molecule has 1 aromatic carbocycles. The summed E-state index contributed by atoms with van der Waals surface area (Å²) in [5.74, 6) is 0.461.